The number of rotatable bonds is 5. The first-order valence-corrected chi connectivity index (χ1v) is 7.86. The lowest BCUT2D eigenvalue weighted by Crippen LogP contribution is -2.90. The van der Waals surface area contributed by atoms with Crippen LogP contribution in [0.15, 0.2) is 42.5 Å². The molecular formula is C17H19Cl2N2O+. The fraction of sp³-hybridized carbons (Fsp3) is 0.235. The fourth-order valence-electron chi connectivity index (χ4n) is 1.98. The van der Waals surface area contributed by atoms with Gasteiger partial charge in [-0.25, -0.2) is 0 Å². The summed E-state index contributed by atoms with van der Waals surface area (Å²) in [5.74, 6) is -0.0867. The van der Waals surface area contributed by atoms with E-state index in [0.717, 1.165) is 6.54 Å². The van der Waals surface area contributed by atoms with Crippen LogP contribution < -0.4 is 10.6 Å². The summed E-state index contributed by atoms with van der Waals surface area (Å²) in [4.78, 5) is 12.2. The van der Waals surface area contributed by atoms with Gasteiger partial charge in [0.05, 0.1) is 10.7 Å². The summed E-state index contributed by atoms with van der Waals surface area (Å²) in [5.41, 5.74) is 2.99. The van der Waals surface area contributed by atoms with Crippen LogP contribution in [0, 0.1) is 6.92 Å². The molecule has 0 saturated heterocycles. The van der Waals surface area contributed by atoms with Crippen LogP contribution in [0.1, 0.15) is 18.1 Å². The zero-order chi connectivity index (χ0) is 16.1. The lowest BCUT2D eigenvalue weighted by Gasteiger charge is -2.12. The average Bonchev–Trinajstić information content (AvgIpc) is 2.49. The Balaban J connectivity index is 1.90. The molecule has 0 aromatic heterocycles. The molecule has 0 unspecified atom stereocenters. The van der Waals surface area contributed by atoms with Gasteiger partial charge >= 0.3 is 0 Å². The van der Waals surface area contributed by atoms with Gasteiger partial charge in [0.15, 0.2) is 6.04 Å². The molecular weight excluding hydrogens is 319 g/mol. The van der Waals surface area contributed by atoms with E-state index in [9.17, 15) is 4.79 Å². The number of aryl methyl sites for hydroxylation is 1. The van der Waals surface area contributed by atoms with Crippen LogP contribution in [-0.4, -0.2) is 11.9 Å². The van der Waals surface area contributed by atoms with Gasteiger partial charge < -0.3 is 10.6 Å². The Morgan fingerprint density at radius 2 is 1.86 bits per heavy atom. The van der Waals surface area contributed by atoms with E-state index >= 15 is 0 Å². The van der Waals surface area contributed by atoms with Crippen molar-refractivity contribution in [2.45, 2.75) is 26.4 Å². The Kier molecular flexibility index (Phi) is 5.83. The van der Waals surface area contributed by atoms with Crippen molar-refractivity contribution >= 4 is 34.8 Å². The largest absolute Gasteiger partial charge is 0.333 e. The van der Waals surface area contributed by atoms with Crippen molar-refractivity contribution in [1.29, 1.82) is 0 Å². The lowest BCUT2D eigenvalue weighted by atomic mass is 10.1. The Bertz CT molecular complexity index is 656. The van der Waals surface area contributed by atoms with Crippen LogP contribution in [-0.2, 0) is 11.3 Å². The minimum absolute atomic E-state index is 0.0867. The molecule has 0 heterocycles. The highest BCUT2D eigenvalue weighted by molar-refractivity contribution is 6.36. The second-order valence-electron chi connectivity index (χ2n) is 5.33. The van der Waals surface area contributed by atoms with E-state index in [4.69, 9.17) is 23.2 Å². The molecule has 1 atom stereocenters. The summed E-state index contributed by atoms with van der Waals surface area (Å²) in [5, 5.41) is 5.79. The third-order valence-electron chi connectivity index (χ3n) is 3.43. The number of anilines is 1. The van der Waals surface area contributed by atoms with Crippen LogP contribution in [0.4, 0.5) is 5.69 Å². The van der Waals surface area contributed by atoms with Gasteiger partial charge in [0.25, 0.3) is 5.91 Å². The average molecular weight is 338 g/mol. The van der Waals surface area contributed by atoms with Crippen molar-refractivity contribution in [2.75, 3.05) is 5.32 Å². The standard InChI is InChI=1S/C17H18Cl2N2O/c1-11-3-5-13(6-4-11)10-20-12(2)17(22)21-16-8-7-14(18)9-15(16)19/h3-9,12,20H,10H2,1-2H3,(H,21,22)/p+1/t12-/m1/s1. The molecule has 0 radical (unpaired) electrons. The van der Waals surface area contributed by atoms with Crippen molar-refractivity contribution in [3.8, 4) is 0 Å². The Morgan fingerprint density at radius 1 is 1.18 bits per heavy atom. The summed E-state index contributed by atoms with van der Waals surface area (Å²) in [6.45, 7) is 4.68. The molecule has 1 amide bonds. The molecule has 0 fully saturated rings. The highest BCUT2D eigenvalue weighted by atomic mass is 35.5. The molecule has 0 bridgehead atoms. The number of benzene rings is 2. The van der Waals surface area contributed by atoms with Gasteiger partial charge in [-0.2, -0.15) is 0 Å². The van der Waals surface area contributed by atoms with E-state index in [1.54, 1.807) is 18.2 Å². The molecule has 3 N–H and O–H groups in total. The second kappa shape index (κ2) is 7.63. The number of amides is 1. The summed E-state index contributed by atoms with van der Waals surface area (Å²) in [6, 6.07) is 13.1. The smallest absolute Gasteiger partial charge is 0.282 e. The number of nitrogens with one attached hydrogen (secondary N) is 1. The van der Waals surface area contributed by atoms with E-state index in [-0.39, 0.29) is 11.9 Å². The number of hydrogen-bond donors (Lipinski definition) is 2. The molecule has 0 saturated carbocycles. The van der Waals surface area contributed by atoms with Crippen LogP contribution in [0.5, 0.6) is 0 Å². The molecule has 2 aromatic rings. The molecule has 2 rings (SSSR count). The summed E-state index contributed by atoms with van der Waals surface area (Å²) < 4.78 is 0. The van der Waals surface area contributed by atoms with Crippen molar-refractivity contribution in [3.63, 3.8) is 0 Å². The third-order valence-corrected chi connectivity index (χ3v) is 3.98. The maximum Gasteiger partial charge on any atom is 0.282 e. The van der Waals surface area contributed by atoms with Crippen LogP contribution in [0.2, 0.25) is 10.0 Å². The normalized spacial score (nSPS) is 12.0. The van der Waals surface area contributed by atoms with E-state index < -0.39 is 0 Å². The first-order chi connectivity index (χ1) is 10.5. The maximum atomic E-state index is 12.2. The monoisotopic (exact) mass is 337 g/mol. The Hall–Kier alpha value is -1.55. The molecule has 22 heavy (non-hydrogen) atoms. The van der Waals surface area contributed by atoms with Crippen LogP contribution in [0.3, 0.4) is 0 Å². The predicted octanol–water partition coefficient (Wildman–Crippen LogP) is 3.39. The first-order valence-electron chi connectivity index (χ1n) is 7.10. The zero-order valence-electron chi connectivity index (χ0n) is 12.6. The number of nitrogens with two attached hydrogens (primary N) is 1. The number of carbonyl (C=O) groups excluding carboxylic acids is 1. The van der Waals surface area contributed by atoms with E-state index in [0.29, 0.717) is 15.7 Å². The van der Waals surface area contributed by atoms with Gasteiger partial charge in [0, 0.05) is 10.6 Å². The minimum atomic E-state index is -0.215. The molecule has 0 aliphatic heterocycles. The highest BCUT2D eigenvalue weighted by Crippen LogP contribution is 2.25. The summed E-state index contributed by atoms with van der Waals surface area (Å²) >= 11 is 11.9. The highest BCUT2D eigenvalue weighted by Gasteiger charge is 2.17. The van der Waals surface area contributed by atoms with Crippen molar-refractivity contribution < 1.29 is 10.1 Å². The maximum absolute atomic E-state index is 12.2. The molecule has 5 heteroatoms. The predicted molar refractivity (Wildman–Crippen MR) is 91.4 cm³/mol. The number of carbonyl (C=O) groups is 1. The molecule has 3 nitrogen and oxygen atoms in total. The van der Waals surface area contributed by atoms with Crippen molar-refractivity contribution in [3.05, 3.63) is 63.6 Å². The van der Waals surface area contributed by atoms with E-state index in [1.807, 2.05) is 12.2 Å². The quantitative estimate of drug-likeness (QED) is 0.862. The first kappa shape index (κ1) is 16.8. The molecule has 116 valence electrons. The molecule has 2 aromatic carbocycles. The van der Waals surface area contributed by atoms with E-state index in [1.165, 1.54) is 11.1 Å². The zero-order valence-corrected chi connectivity index (χ0v) is 14.1. The minimum Gasteiger partial charge on any atom is -0.333 e. The molecule has 0 aliphatic carbocycles. The fourth-order valence-corrected chi connectivity index (χ4v) is 2.44. The van der Waals surface area contributed by atoms with Gasteiger partial charge in [-0.05, 0) is 32.0 Å². The van der Waals surface area contributed by atoms with Gasteiger partial charge in [-0.3, -0.25) is 4.79 Å². The van der Waals surface area contributed by atoms with Gasteiger partial charge in [0.1, 0.15) is 6.54 Å². The molecule has 0 spiro atoms. The van der Waals surface area contributed by atoms with Crippen molar-refractivity contribution in [1.82, 2.24) is 0 Å². The lowest BCUT2D eigenvalue weighted by molar-refractivity contribution is -0.688. The second-order valence-corrected chi connectivity index (χ2v) is 6.17. The van der Waals surface area contributed by atoms with Gasteiger partial charge in [0.2, 0.25) is 0 Å². The van der Waals surface area contributed by atoms with Gasteiger partial charge in [-0.1, -0.05) is 53.0 Å². The Morgan fingerprint density at radius 3 is 2.50 bits per heavy atom. The Labute approximate surface area is 140 Å². The third kappa shape index (κ3) is 4.73. The number of hydrogen-bond acceptors (Lipinski definition) is 1. The topological polar surface area (TPSA) is 45.7 Å². The van der Waals surface area contributed by atoms with Crippen LogP contribution in [0.25, 0.3) is 0 Å². The number of halogens is 2. The number of quaternary nitrogens is 1. The SMILES string of the molecule is Cc1ccc(C[NH2+][C@H](C)C(=O)Nc2ccc(Cl)cc2Cl)cc1. The summed E-state index contributed by atoms with van der Waals surface area (Å²) in [6.07, 6.45) is 0. The van der Waals surface area contributed by atoms with Crippen LogP contribution >= 0.6 is 23.2 Å². The van der Waals surface area contributed by atoms with Gasteiger partial charge in [-0.15, -0.1) is 0 Å². The molecule has 0 aliphatic rings. The summed E-state index contributed by atoms with van der Waals surface area (Å²) in [7, 11) is 0. The van der Waals surface area contributed by atoms with Crippen molar-refractivity contribution in [2.24, 2.45) is 0 Å². The van der Waals surface area contributed by atoms with E-state index in [2.05, 4.69) is 36.5 Å².